The molecule has 4 aromatic carbocycles. The Bertz CT molecular complexity index is 1640. The number of unbranched alkanes of at least 4 members (excludes halogenated alkanes) is 1. The molecule has 0 heterocycles. The number of nitrogens with one attached hydrogen (secondary N) is 3. The molecule has 0 unspecified atom stereocenters. The minimum Gasteiger partial charge on any atom is -0.494 e. The molecule has 0 saturated heterocycles. The third kappa shape index (κ3) is 9.36. The number of carbonyl (C=O) groups excluding carboxylic acids is 4. The van der Waals surface area contributed by atoms with Gasteiger partial charge in [-0.05, 0) is 96.9 Å². The van der Waals surface area contributed by atoms with E-state index in [-0.39, 0.29) is 11.3 Å². The van der Waals surface area contributed by atoms with Crippen molar-refractivity contribution in [3.05, 3.63) is 118 Å². The molecule has 3 amide bonds. The predicted octanol–water partition coefficient (Wildman–Crippen LogP) is 6.19. The molecule has 4 rings (SSSR count). The summed E-state index contributed by atoms with van der Waals surface area (Å²) in [6, 6.07) is 26.5. The zero-order valence-corrected chi connectivity index (χ0v) is 25.3. The third-order valence-corrected chi connectivity index (χ3v) is 6.58. The molecular formula is C33H29BrN4O6. The lowest BCUT2D eigenvalue weighted by Gasteiger charge is -2.11. The zero-order valence-electron chi connectivity index (χ0n) is 23.7. The van der Waals surface area contributed by atoms with Crippen molar-refractivity contribution in [2.24, 2.45) is 5.10 Å². The summed E-state index contributed by atoms with van der Waals surface area (Å²) in [6.07, 6.45) is 3.32. The van der Waals surface area contributed by atoms with E-state index >= 15 is 0 Å². The van der Waals surface area contributed by atoms with Gasteiger partial charge >= 0.3 is 17.8 Å². The molecule has 0 spiro atoms. The van der Waals surface area contributed by atoms with E-state index in [9.17, 15) is 19.2 Å². The Balaban J connectivity index is 1.26. The maximum Gasteiger partial charge on any atom is 0.343 e. The number of ether oxygens (including phenoxy) is 2. The Morgan fingerprint density at radius 1 is 0.795 bits per heavy atom. The number of carbonyl (C=O) groups is 4. The highest BCUT2D eigenvalue weighted by atomic mass is 79.9. The monoisotopic (exact) mass is 656 g/mol. The van der Waals surface area contributed by atoms with E-state index in [1.807, 2.05) is 0 Å². The van der Waals surface area contributed by atoms with Crippen molar-refractivity contribution in [3.63, 3.8) is 0 Å². The summed E-state index contributed by atoms with van der Waals surface area (Å²) >= 11 is 3.34. The molecule has 0 bridgehead atoms. The first-order valence-corrected chi connectivity index (χ1v) is 14.5. The van der Waals surface area contributed by atoms with E-state index in [2.05, 4.69) is 44.0 Å². The molecule has 0 fully saturated rings. The lowest BCUT2D eigenvalue weighted by atomic mass is 10.1. The van der Waals surface area contributed by atoms with Crippen LogP contribution in [0.1, 0.15) is 46.0 Å². The maximum absolute atomic E-state index is 12.8. The molecule has 0 radical (unpaired) electrons. The summed E-state index contributed by atoms with van der Waals surface area (Å²) in [5, 5.41) is 8.99. The Morgan fingerprint density at radius 3 is 2.18 bits per heavy atom. The van der Waals surface area contributed by atoms with Gasteiger partial charge in [0.1, 0.15) is 11.5 Å². The molecule has 0 aromatic heterocycles. The molecule has 0 aliphatic carbocycles. The van der Waals surface area contributed by atoms with Gasteiger partial charge in [-0.2, -0.15) is 5.10 Å². The number of amides is 3. The highest BCUT2D eigenvalue weighted by Gasteiger charge is 2.18. The highest BCUT2D eigenvalue weighted by Crippen LogP contribution is 2.20. The maximum atomic E-state index is 12.8. The average molecular weight is 658 g/mol. The van der Waals surface area contributed by atoms with Crippen molar-refractivity contribution in [2.45, 2.75) is 19.8 Å². The van der Waals surface area contributed by atoms with Crippen LogP contribution in [0.3, 0.4) is 0 Å². The van der Waals surface area contributed by atoms with E-state index in [0.717, 1.165) is 17.3 Å². The fourth-order valence-corrected chi connectivity index (χ4v) is 3.99. The van der Waals surface area contributed by atoms with Gasteiger partial charge < -0.3 is 20.1 Å². The van der Waals surface area contributed by atoms with Crippen LogP contribution in [0.2, 0.25) is 0 Å². The average Bonchev–Trinajstić information content (AvgIpc) is 3.03. The van der Waals surface area contributed by atoms with Crippen molar-refractivity contribution in [1.82, 2.24) is 5.43 Å². The number of esters is 1. The van der Waals surface area contributed by atoms with Crippen LogP contribution in [-0.4, -0.2) is 36.5 Å². The van der Waals surface area contributed by atoms with Crippen molar-refractivity contribution < 1.29 is 28.7 Å². The number of anilines is 2. The first kappa shape index (κ1) is 31.6. The van der Waals surface area contributed by atoms with Gasteiger partial charge in [0, 0.05) is 10.2 Å². The summed E-state index contributed by atoms with van der Waals surface area (Å²) in [4.78, 5) is 50.1. The number of hydrazone groups is 1. The molecule has 0 saturated carbocycles. The Morgan fingerprint density at radius 2 is 1.48 bits per heavy atom. The van der Waals surface area contributed by atoms with E-state index in [0.29, 0.717) is 34.9 Å². The van der Waals surface area contributed by atoms with Gasteiger partial charge in [0.2, 0.25) is 0 Å². The number of benzene rings is 4. The molecule has 11 heteroatoms. The van der Waals surface area contributed by atoms with Crippen LogP contribution in [0.5, 0.6) is 11.5 Å². The fraction of sp³-hybridized carbons (Fsp3) is 0.121. The minimum absolute atomic E-state index is 0.160. The van der Waals surface area contributed by atoms with Crippen LogP contribution < -0.4 is 25.5 Å². The molecule has 224 valence electrons. The largest absolute Gasteiger partial charge is 0.494 e. The summed E-state index contributed by atoms with van der Waals surface area (Å²) < 4.78 is 11.9. The molecule has 0 aliphatic heterocycles. The number of para-hydroxylation sites is 1. The highest BCUT2D eigenvalue weighted by molar-refractivity contribution is 9.10. The van der Waals surface area contributed by atoms with Crippen LogP contribution in [0.25, 0.3) is 0 Å². The second-order valence-corrected chi connectivity index (χ2v) is 10.3. The number of hydrogen-bond acceptors (Lipinski definition) is 7. The first-order valence-electron chi connectivity index (χ1n) is 13.7. The topological polar surface area (TPSA) is 135 Å². The van der Waals surface area contributed by atoms with E-state index in [1.54, 1.807) is 84.9 Å². The lowest BCUT2D eigenvalue weighted by molar-refractivity contribution is -0.136. The normalized spacial score (nSPS) is 10.6. The number of nitrogens with zero attached hydrogens (tertiary/aromatic N) is 1. The quantitative estimate of drug-likeness (QED) is 0.0440. The van der Waals surface area contributed by atoms with Crippen LogP contribution in [-0.2, 0) is 9.59 Å². The molecule has 3 N–H and O–H groups in total. The molecule has 0 atom stereocenters. The van der Waals surface area contributed by atoms with Gasteiger partial charge in [-0.15, -0.1) is 0 Å². The molecule has 44 heavy (non-hydrogen) atoms. The molecule has 4 aromatic rings. The lowest BCUT2D eigenvalue weighted by Crippen LogP contribution is -2.33. The third-order valence-electron chi connectivity index (χ3n) is 6.06. The molecular weight excluding hydrogens is 628 g/mol. The smallest absolute Gasteiger partial charge is 0.343 e. The van der Waals surface area contributed by atoms with Gasteiger partial charge in [0.15, 0.2) is 0 Å². The van der Waals surface area contributed by atoms with Crippen LogP contribution >= 0.6 is 15.9 Å². The van der Waals surface area contributed by atoms with Gasteiger partial charge in [0.25, 0.3) is 5.91 Å². The van der Waals surface area contributed by atoms with Gasteiger partial charge in [0.05, 0.1) is 29.6 Å². The summed E-state index contributed by atoms with van der Waals surface area (Å²) in [6.45, 7) is 2.70. The number of halogens is 1. The number of rotatable bonds is 11. The second kappa shape index (κ2) is 15.8. The summed E-state index contributed by atoms with van der Waals surface area (Å²) in [5.74, 6) is -2.00. The SMILES string of the molecule is CCCCOc1ccc(C(=O)Oc2ccc(/C=N\NC(=O)C(=O)Nc3ccccc3C(=O)Nc3ccc(Br)cc3)cc2)cc1. The second-order valence-electron chi connectivity index (χ2n) is 9.34. The number of hydrogen-bond donors (Lipinski definition) is 3. The molecule has 10 nitrogen and oxygen atoms in total. The Hall–Kier alpha value is -5.29. The van der Waals surface area contributed by atoms with Crippen molar-refractivity contribution in [3.8, 4) is 11.5 Å². The van der Waals surface area contributed by atoms with Gasteiger partial charge in [-0.1, -0.05) is 41.4 Å². The standard InChI is InChI=1S/C33H29BrN4O6/c1-2-3-20-43-26-18-10-23(11-19-26)33(42)44-27-16-8-22(9-17-27)21-35-38-32(41)31(40)37-29-7-5-4-6-28(29)30(39)36-25-14-12-24(34)13-15-25/h4-19,21H,2-3,20H2,1H3,(H,36,39)(H,37,40)(H,38,41)/b35-21-. The molecule has 0 aliphatic rings. The van der Waals surface area contributed by atoms with Crippen molar-refractivity contribution in [2.75, 3.05) is 17.2 Å². The zero-order chi connectivity index (χ0) is 31.3. The predicted molar refractivity (Wildman–Crippen MR) is 171 cm³/mol. The van der Waals surface area contributed by atoms with Crippen molar-refractivity contribution in [1.29, 1.82) is 0 Å². The van der Waals surface area contributed by atoms with Gasteiger partial charge in [-0.25, -0.2) is 10.2 Å². The fourth-order valence-electron chi connectivity index (χ4n) is 3.73. The van der Waals surface area contributed by atoms with Crippen molar-refractivity contribution >= 4 is 57.2 Å². The van der Waals surface area contributed by atoms with E-state index in [1.165, 1.54) is 18.3 Å². The van der Waals surface area contributed by atoms with Crippen LogP contribution in [0.4, 0.5) is 11.4 Å². The van der Waals surface area contributed by atoms with E-state index < -0.39 is 23.7 Å². The van der Waals surface area contributed by atoms with Crippen LogP contribution in [0, 0.1) is 0 Å². The summed E-state index contributed by atoms with van der Waals surface area (Å²) in [7, 11) is 0. The summed E-state index contributed by atoms with van der Waals surface area (Å²) in [5.41, 5.74) is 4.01. The van der Waals surface area contributed by atoms with Gasteiger partial charge in [-0.3, -0.25) is 14.4 Å². The first-order chi connectivity index (χ1) is 21.3. The van der Waals surface area contributed by atoms with Crippen LogP contribution in [0.15, 0.2) is 107 Å². The van der Waals surface area contributed by atoms with E-state index in [4.69, 9.17) is 9.47 Å². The minimum atomic E-state index is -1.03. The Kier molecular flexibility index (Phi) is 11.4. The Labute approximate surface area is 262 Å².